The average Bonchev–Trinajstić information content (AvgIpc) is 2.27. The summed E-state index contributed by atoms with van der Waals surface area (Å²) in [5.74, 6) is -1.42. The number of hydrogen-bond donors (Lipinski definition) is 2. The zero-order valence-corrected chi connectivity index (χ0v) is 9.14. The van der Waals surface area contributed by atoms with Gasteiger partial charge in [0.1, 0.15) is 5.82 Å². The predicted molar refractivity (Wildman–Crippen MR) is 59.0 cm³/mol. The van der Waals surface area contributed by atoms with Gasteiger partial charge in [-0.25, -0.2) is 4.39 Å². The van der Waals surface area contributed by atoms with E-state index in [1.165, 1.54) is 0 Å². The first-order valence-electron chi connectivity index (χ1n) is 4.90. The van der Waals surface area contributed by atoms with Crippen molar-refractivity contribution in [2.45, 2.75) is 13.0 Å². The van der Waals surface area contributed by atoms with E-state index < -0.39 is 22.3 Å². The first kappa shape index (κ1) is 13.0. The van der Waals surface area contributed by atoms with E-state index in [-0.39, 0.29) is 18.2 Å². The summed E-state index contributed by atoms with van der Waals surface area (Å²) in [6.07, 6.45) is 0. The van der Waals surface area contributed by atoms with Gasteiger partial charge < -0.3 is 11.1 Å². The van der Waals surface area contributed by atoms with E-state index in [4.69, 9.17) is 5.73 Å². The molecule has 3 N–H and O–H groups in total. The van der Waals surface area contributed by atoms with Gasteiger partial charge in [-0.1, -0.05) is 0 Å². The van der Waals surface area contributed by atoms with Crippen LogP contribution in [0.15, 0.2) is 18.2 Å². The van der Waals surface area contributed by atoms with Crippen LogP contribution >= 0.6 is 0 Å². The molecule has 1 rings (SSSR count). The maximum absolute atomic E-state index is 13.1. The summed E-state index contributed by atoms with van der Waals surface area (Å²) in [5.41, 5.74) is 4.75. The van der Waals surface area contributed by atoms with E-state index in [1.807, 2.05) is 0 Å². The summed E-state index contributed by atoms with van der Waals surface area (Å²) in [7, 11) is 0. The van der Waals surface area contributed by atoms with Crippen molar-refractivity contribution in [3.63, 3.8) is 0 Å². The Morgan fingerprint density at radius 2 is 2.24 bits per heavy atom. The van der Waals surface area contributed by atoms with Crippen LogP contribution < -0.4 is 11.1 Å². The number of hydrogen-bond acceptors (Lipinski definition) is 4. The summed E-state index contributed by atoms with van der Waals surface area (Å²) in [6, 6.07) is 2.42. The zero-order chi connectivity index (χ0) is 13.0. The molecule has 1 aromatic carbocycles. The van der Waals surface area contributed by atoms with Crippen molar-refractivity contribution >= 4 is 11.6 Å². The van der Waals surface area contributed by atoms with E-state index in [0.717, 1.165) is 18.2 Å². The molecule has 1 unspecified atom stereocenters. The van der Waals surface area contributed by atoms with Gasteiger partial charge in [0.2, 0.25) is 0 Å². The van der Waals surface area contributed by atoms with Gasteiger partial charge in [-0.15, -0.1) is 0 Å². The second-order valence-corrected chi connectivity index (χ2v) is 3.57. The number of nitrogens with zero attached hydrogens (tertiary/aromatic N) is 1. The van der Waals surface area contributed by atoms with E-state index in [1.54, 1.807) is 6.92 Å². The molecule has 92 valence electrons. The number of rotatable bonds is 4. The summed E-state index contributed by atoms with van der Waals surface area (Å²) in [4.78, 5) is 21.3. The maximum atomic E-state index is 13.1. The molecule has 1 amide bonds. The second kappa shape index (κ2) is 5.35. The number of nitrogens with one attached hydrogen (secondary N) is 1. The molecule has 0 radical (unpaired) electrons. The topological polar surface area (TPSA) is 98.3 Å². The number of amides is 1. The van der Waals surface area contributed by atoms with E-state index >= 15 is 0 Å². The SMILES string of the molecule is CC(CN)NC(=O)c1cc(F)cc([N+](=O)[O-])c1. The van der Waals surface area contributed by atoms with Crippen molar-refractivity contribution in [1.29, 1.82) is 0 Å². The summed E-state index contributed by atoms with van der Waals surface area (Å²) in [5, 5.41) is 13.0. The van der Waals surface area contributed by atoms with Crippen molar-refractivity contribution in [3.05, 3.63) is 39.7 Å². The Morgan fingerprint density at radius 1 is 1.59 bits per heavy atom. The Bertz CT molecular complexity index is 450. The van der Waals surface area contributed by atoms with Crippen LogP contribution in [0.25, 0.3) is 0 Å². The molecule has 0 fully saturated rings. The fraction of sp³-hybridized carbons (Fsp3) is 0.300. The Labute approximate surface area is 96.8 Å². The van der Waals surface area contributed by atoms with Gasteiger partial charge in [-0.05, 0) is 13.0 Å². The highest BCUT2D eigenvalue weighted by Gasteiger charge is 2.15. The summed E-state index contributed by atoms with van der Waals surface area (Å²) in [6.45, 7) is 1.90. The third-order valence-electron chi connectivity index (χ3n) is 2.09. The quantitative estimate of drug-likeness (QED) is 0.602. The van der Waals surface area contributed by atoms with Crippen molar-refractivity contribution in [3.8, 4) is 0 Å². The van der Waals surface area contributed by atoms with Crippen LogP contribution in [0.1, 0.15) is 17.3 Å². The first-order valence-corrected chi connectivity index (χ1v) is 4.90. The lowest BCUT2D eigenvalue weighted by molar-refractivity contribution is -0.385. The van der Waals surface area contributed by atoms with Crippen molar-refractivity contribution in [2.75, 3.05) is 6.54 Å². The summed E-state index contributed by atoms with van der Waals surface area (Å²) < 4.78 is 13.1. The number of nitro groups is 1. The molecule has 0 aliphatic carbocycles. The van der Waals surface area contributed by atoms with Crippen LogP contribution in [0.2, 0.25) is 0 Å². The monoisotopic (exact) mass is 241 g/mol. The fourth-order valence-electron chi connectivity index (χ4n) is 1.18. The highest BCUT2D eigenvalue weighted by atomic mass is 19.1. The maximum Gasteiger partial charge on any atom is 0.273 e. The smallest absolute Gasteiger partial charge is 0.273 e. The molecular weight excluding hydrogens is 229 g/mol. The lowest BCUT2D eigenvalue weighted by atomic mass is 10.1. The fourth-order valence-corrected chi connectivity index (χ4v) is 1.18. The Balaban J connectivity index is 2.97. The predicted octanol–water partition coefficient (Wildman–Crippen LogP) is 0.811. The van der Waals surface area contributed by atoms with E-state index in [0.29, 0.717) is 0 Å². The molecule has 0 bridgehead atoms. The minimum atomic E-state index is -0.829. The molecule has 1 atom stereocenters. The number of carbonyl (C=O) groups is 1. The number of benzene rings is 1. The van der Waals surface area contributed by atoms with Crippen LogP contribution in [-0.2, 0) is 0 Å². The molecule has 0 aliphatic rings. The number of carbonyl (C=O) groups excluding carboxylic acids is 1. The molecule has 0 aliphatic heterocycles. The highest BCUT2D eigenvalue weighted by Crippen LogP contribution is 2.16. The zero-order valence-electron chi connectivity index (χ0n) is 9.14. The van der Waals surface area contributed by atoms with Crippen LogP contribution in [0, 0.1) is 15.9 Å². The number of halogens is 1. The molecule has 7 heteroatoms. The summed E-state index contributed by atoms with van der Waals surface area (Å²) >= 11 is 0. The lowest BCUT2D eigenvalue weighted by Gasteiger charge is -2.11. The van der Waals surface area contributed by atoms with E-state index in [2.05, 4.69) is 5.32 Å². The van der Waals surface area contributed by atoms with Crippen LogP contribution in [0.3, 0.4) is 0 Å². The number of nitrogens with two attached hydrogens (primary N) is 1. The molecule has 6 nitrogen and oxygen atoms in total. The Kier molecular flexibility index (Phi) is 4.11. The molecule has 0 saturated carbocycles. The molecule has 0 saturated heterocycles. The molecule has 1 aromatic rings. The highest BCUT2D eigenvalue weighted by molar-refractivity contribution is 5.95. The minimum absolute atomic E-state index is 0.1000. The van der Waals surface area contributed by atoms with Crippen LogP contribution in [-0.4, -0.2) is 23.4 Å². The van der Waals surface area contributed by atoms with Crippen LogP contribution in [0.5, 0.6) is 0 Å². The normalized spacial score (nSPS) is 11.9. The minimum Gasteiger partial charge on any atom is -0.348 e. The van der Waals surface area contributed by atoms with Gasteiger partial charge in [-0.3, -0.25) is 14.9 Å². The molecule has 0 spiro atoms. The third kappa shape index (κ3) is 3.49. The van der Waals surface area contributed by atoms with Gasteiger partial charge >= 0.3 is 0 Å². The average molecular weight is 241 g/mol. The third-order valence-corrected chi connectivity index (χ3v) is 2.09. The van der Waals surface area contributed by atoms with Gasteiger partial charge in [-0.2, -0.15) is 0 Å². The molecule has 17 heavy (non-hydrogen) atoms. The van der Waals surface area contributed by atoms with Gasteiger partial charge in [0.25, 0.3) is 11.6 Å². The molecule has 0 aromatic heterocycles. The van der Waals surface area contributed by atoms with Crippen LogP contribution in [0.4, 0.5) is 10.1 Å². The van der Waals surface area contributed by atoms with Crippen molar-refractivity contribution in [1.82, 2.24) is 5.32 Å². The molecular formula is C10H12FN3O3. The second-order valence-electron chi connectivity index (χ2n) is 3.57. The Morgan fingerprint density at radius 3 is 2.76 bits per heavy atom. The van der Waals surface area contributed by atoms with E-state index in [9.17, 15) is 19.3 Å². The van der Waals surface area contributed by atoms with Gasteiger partial charge in [0.05, 0.1) is 11.0 Å². The lowest BCUT2D eigenvalue weighted by Crippen LogP contribution is -2.37. The van der Waals surface area contributed by atoms with Crippen molar-refractivity contribution < 1.29 is 14.1 Å². The first-order chi connectivity index (χ1) is 7.93. The standard InChI is InChI=1S/C10H12FN3O3/c1-6(5-12)13-10(15)7-2-8(11)4-9(3-7)14(16)17/h2-4,6H,5,12H2,1H3,(H,13,15). The van der Waals surface area contributed by atoms with Crippen molar-refractivity contribution in [2.24, 2.45) is 5.73 Å². The Hall–Kier alpha value is -2.02. The van der Waals surface area contributed by atoms with Gasteiger partial charge in [0, 0.05) is 24.2 Å². The van der Waals surface area contributed by atoms with Gasteiger partial charge in [0.15, 0.2) is 0 Å². The number of non-ortho nitro benzene ring substituents is 1. The molecule has 0 heterocycles. The largest absolute Gasteiger partial charge is 0.348 e. The number of nitro benzene ring substituents is 1.